The number of hydrogen-bond donors (Lipinski definition) is 5. The van der Waals surface area contributed by atoms with Crippen LogP contribution < -0.4 is 16.0 Å². The summed E-state index contributed by atoms with van der Waals surface area (Å²) in [7, 11) is 0. The smallest absolute Gasteiger partial charge is 0.253 e. The van der Waals surface area contributed by atoms with Gasteiger partial charge in [-0.05, 0) is 43.4 Å². The van der Waals surface area contributed by atoms with Gasteiger partial charge in [-0.25, -0.2) is 0 Å². The summed E-state index contributed by atoms with van der Waals surface area (Å²) in [6.07, 6.45) is 6.49. The van der Waals surface area contributed by atoms with E-state index in [0.717, 1.165) is 10.5 Å². The molecule has 1 aromatic carbocycles. The highest BCUT2D eigenvalue weighted by Gasteiger charge is 2.27. The van der Waals surface area contributed by atoms with Gasteiger partial charge in [0, 0.05) is 24.3 Å². The van der Waals surface area contributed by atoms with Crippen molar-refractivity contribution in [2.24, 2.45) is 5.92 Å². The molecule has 1 aliphatic heterocycles. The quantitative estimate of drug-likeness (QED) is 0.0848. The average molecular weight is 545 g/mol. The Hall–Kier alpha value is -3.38. The Bertz CT molecular complexity index is 1010. The lowest BCUT2D eigenvalue weighted by molar-refractivity contribution is -0.137. The van der Waals surface area contributed by atoms with Crippen molar-refractivity contribution in [3.63, 3.8) is 0 Å². The largest absolute Gasteiger partial charge is 0.392 e. The summed E-state index contributed by atoms with van der Waals surface area (Å²) in [5.74, 6) is -1.31. The number of amides is 4. The van der Waals surface area contributed by atoms with Crippen LogP contribution in [0, 0.1) is 5.92 Å². The number of nitrogens with zero attached hydrogens (tertiary/aromatic N) is 1. The lowest BCUT2D eigenvalue weighted by Crippen LogP contribution is -2.56. The van der Waals surface area contributed by atoms with Gasteiger partial charge in [-0.2, -0.15) is 0 Å². The molecule has 0 aliphatic carbocycles. The minimum atomic E-state index is -1.14. The maximum atomic E-state index is 12.5. The van der Waals surface area contributed by atoms with Gasteiger partial charge in [0.25, 0.3) is 11.8 Å². The Morgan fingerprint density at radius 2 is 1.64 bits per heavy atom. The predicted octanol–water partition coefficient (Wildman–Crippen LogP) is 1.22. The summed E-state index contributed by atoms with van der Waals surface area (Å²) in [5, 5.41) is 28.3. The van der Waals surface area contributed by atoms with E-state index < -0.39 is 18.3 Å². The number of hydrogen-bond acceptors (Lipinski definition) is 8. The van der Waals surface area contributed by atoms with Crippen LogP contribution in [0.3, 0.4) is 0 Å². The third-order valence-corrected chi connectivity index (χ3v) is 6.10. The number of carbonyl (C=O) groups is 4. The van der Waals surface area contributed by atoms with Gasteiger partial charge in [-0.15, -0.1) is 0 Å². The van der Waals surface area contributed by atoms with Crippen LogP contribution in [0.5, 0.6) is 0 Å². The lowest BCUT2D eigenvalue weighted by atomic mass is 10.0. The van der Waals surface area contributed by atoms with Crippen molar-refractivity contribution in [1.82, 2.24) is 15.5 Å². The molecule has 0 bridgehead atoms. The molecule has 1 aromatic rings. The summed E-state index contributed by atoms with van der Waals surface area (Å²) in [4.78, 5) is 49.0. The molecule has 0 aromatic heterocycles. The highest BCUT2D eigenvalue weighted by Crippen LogP contribution is 2.11. The van der Waals surface area contributed by atoms with Crippen molar-refractivity contribution in [1.29, 1.82) is 0 Å². The topological polar surface area (TPSA) is 157 Å². The van der Waals surface area contributed by atoms with Crippen LogP contribution in [0.25, 0.3) is 0 Å². The summed E-state index contributed by atoms with van der Waals surface area (Å²) in [6, 6.07) is 5.46. The second-order valence-corrected chi connectivity index (χ2v) is 9.59. The van der Waals surface area contributed by atoms with E-state index in [1.165, 1.54) is 12.2 Å². The van der Waals surface area contributed by atoms with Crippen molar-refractivity contribution in [2.75, 3.05) is 25.1 Å². The van der Waals surface area contributed by atoms with E-state index in [0.29, 0.717) is 25.1 Å². The number of nitrogens with one attached hydrogen (secondary N) is 3. The number of aliphatic hydroxyl groups is 2. The minimum Gasteiger partial charge on any atom is -0.392 e. The molecule has 1 heterocycles. The number of rotatable bonds is 17. The summed E-state index contributed by atoms with van der Waals surface area (Å²) in [6.45, 7) is 6.19. The number of carbonyl (C=O) groups excluding carboxylic acids is 4. The molecule has 0 saturated heterocycles. The number of anilines is 1. The lowest BCUT2D eigenvalue weighted by Gasteiger charge is -2.30. The van der Waals surface area contributed by atoms with Gasteiger partial charge >= 0.3 is 0 Å². The molecule has 3 atom stereocenters. The van der Waals surface area contributed by atoms with Crippen molar-refractivity contribution < 1.29 is 34.1 Å². The Morgan fingerprint density at radius 3 is 2.26 bits per heavy atom. The summed E-state index contributed by atoms with van der Waals surface area (Å²) >= 11 is 0. The van der Waals surface area contributed by atoms with E-state index in [1.54, 1.807) is 31.2 Å². The first-order valence-corrected chi connectivity index (χ1v) is 13.1. The average Bonchev–Trinajstić information content (AvgIpc) is 3.23. The molecule has 11 heteroatoms. The molecule has 0 radical (unpaired) electrons. The van der Waals surface area contributed by atoms with E-state index in [4.69, 9.17) is 9.84 Å². The number of ether oxygens (including phenoxy) is 1. The second kappa shape index (κ2) is 16.6. The predicted molar refractivity (Wildman–Crippen MR) is 146 cm³/mol. The van der Waals surface area contributed by atoms with Gasteiger partial charge in [0.1, 0.15) is 6.23 Å². The van der Waals surface area contributed by atoms with Crippen LogP contribution in [0.4, 0.5) is 5.69 Å². The minimum absolute atomic E-state index is 0.0843. The van der Waals surface area contributed by atoms with E-state index in [9.17, 15) is 24.3 Å². The Balaban J connectivity index is 1.65. The molecule has 2 rings (SSSR count). The zero-order chi connectivity index (χ0) is 28.8. The normalized spacial score (nSPS) is 15.7. The standard InChI is InChI=1S/C28H40N4O7/c1-19(2)26(28(38)29-20(3)27(37)30-22-11-9-21(18-33)10-12-22)31-23(34)8-6-4-5-7-16-39-17-15-32-24(35)13-14-25(32)36/h4-5,9-14,19-20,26,28-29,33,38H,6-8,15-18H2,1-3H3,(H,30,37)(H,31,34)/b5-4-/t20-,26-,28?/m0/s1. The zero-order valence-electron chi connectivity index (χ0n) is 22.8. The molecular formula is C28H40N4O7. The van der Waals surface area contributed by atoms with E-state index in [1.807, 2.05) is 26.0 Å². The number of allylic oxidation sites excluding steroid dienone is 1. The van der Waals surface area contributed by atoms with Gasteiger partial charge in [-0.3, -0.25) is 29.4 Å². The van der Waals surface area contributed by atoms with Crippen LogP contribution in [-0.4, -0.2) is 76.8 Å². The Labute approximate surface area is 229 Å². The van der Waals surface area contributed by atoms with Gasteiger partial charge < -0.3 is 25.6 Å². The second-order valence-electron chi connectivity index (χ2n) is 9.59. The molecule has 0 fully saturated rings. The van der Waals surface area contributed by atoms with E-state index in [-0.39, 0.29) is 55.7 Å². The first-order valence-electron chi connectivity index (χ1n) is 13.1. The van der Waals surface area contributed by atoms with Crippen molar-refractivity contribution >= 4 is 29.3 Å². The van der Waals surface area contributed by atoms with Crippen molar-refractivity contribution in [2.45, 2.75) is 65.0 Å². The fourth-order valence-electron chi connectivity index (χ4n) is 3.76. The number of imide groups is 1. The van der Waals surface area contributed by atoms with Crippen molar-refractivity contribution in [3.8, 4) is 0 Å². The van der Waals surface area contributed by atoms with Crippen LogP contribution in [0.2, 0.25) is 0 Å². The van der Waals surface area contributed by atoms with Crippen LogP contribution in [-0.2, 0) is 30.5 Å². The monoisotopic (exact) mass is 544 g/mol. The molecule has 5 N–H and O–H groups in total. The SMILES string of the molecule is CC(C)[C@H](NC(=O)CC/C=C\CCOCCN1C(=O)C=CC1=O)C(O)N[C@@H](C)C(=O)Nc1ccc(CO)cc1. The van der Waals surface area contributed by atoms with Crippen LogP contribution in [0.1, 0.15) is 45.6 Å². The molecule has 214 valence electrons. The zero-order valence-corrected chi connectivity index (χ0v) is 22.8. The Morgan fingerprint density at radius 1 is 1.00 bits per heavy atom. The fraction of sp³-hybridized carbons (Fsp3) is 0.500. The molecule has 39 heavy (non-hydrogen) atoms. The summed E-state index contributed by atoms with van der Waals surface area (Å²) in [5.41, 5.74) is 1.30. The fourth-order valence-corrected chi connectivity index (χ4v) is 3.76. The van der Waals surface area contributed by atoms with Gasteiger partial charge in [0.15, 0.2) is 0 Å². The highest BCUT2D eigenvalue weighted by molar-refractivity contribution is 6.12. The van der Waals surface area contributed by atoms with Gasteiger partial charge in [0.2, 0.25) is 11.8 Å². The Kier molecular flexibility index (Phi) is 13.5. The molecule has 0 spiro atoms. The molecule has 0 saturated carbocycles. The van der Waals surface area contributed by atoms with Gasteiger partial charge in [-0.1, -0.05) is 38.1 Å². The molecule has 1 aliphatic rings. The molecule has 11 nitrogen and oxygen atoms in total. The number of benzene rings is 1. The highest BCUT2D eigenvalue weighted by atomic mass is 16.5. The van der Waals surface area contributed by atoms with Crippen LogP contribution >= 0.6 is 0 Å². The van der Waals surface area contributed by atoms with Crippen LogP contribution in [0.15, 0.2) is 48.6 Å². The van der Waals surface area contributed by atoms with E-state index >= 15 is 0 Å². The first kappa shape index (κ1) is 31.8. The maximum Gasteiger partial charge on any atom is 0.253 e. The first-order chi connectivity index (χ1) is 18.6. The molecule has 4 amide bonds. The third kappa shape index (κ3) is 11.1. The number of aliphatic hydroxyl groups excluding tert-OH is 2. The molecule has 1 unspecified atom stereocenters. The van der Waals surface area contributed by atoms with E-state index in [2.05, 4.69) is 16.0 Å². The molecular weight excluding hydrogens is 504 g/mol. The maximum absolute atomic E-state index is 12.5. The van der Waals surface area contributed by atoms with Crippen molar-refractivity contribution in [3.05, 3.63) is 54.1 Å². The third-order valence-electron chi connectivity index (χ3n) is 6.10. The summed E-state index contributed by atoms with van der Waals surface area (Å²) < 4.78 is 5.44. The van der Waals surface area contributed by atoms with Gasteiger partial charge in [0.05, 0.1) is 38.4 Å².